The lowest BCUT2D eigenvalue weighted by molar-refractivity contribution is 0.186. The molecule has 1 aliphatic heterocycles. The minimum atomic E-state index is -0.383. The zero-order chi connectivity index (χ0) is 27.0. The van der Waals surface area contributed by atoms with Crippen molar-refractivity contribution in [1.29, 1.82) is 0 Å². The van der Waals surface area contributed by atoms with Crippen molar-refractivity contribution < 1.29 is 4.74 Å². The molecule has 0 amide bonds. The van der Waals surface area contributed by atoms with Gasteiger partial charge >= 0.3 is 0 Å². The fourth-order valence-electron chi connectivity index (χ4n) is 5.27. The Morgan fingerprint density at radius 2 is 1.84 bits per heavy atom. The van der Waals surface area contributed by atoms with Crippen molar-refractivity contribution in [2.45, 2.75) is 52.6 Å². The first-order valence-electron chi connectivity index (χ1n) is 13.3. The molecule has 0 spiro atoms. The molecular formula is C29H37N7O2. The highest BCUT2D eigenvalue weighted by Crippen LogP contribution is 2.33. The van der Waals surface area contributed by atoms with E-state index in [1.54, 1.807) is 7.11 Å². The van der Waals surface area contributed by atoms with E-state index >= 15 is 0 Å². The van der Waals surface area contributed by atoms with Crippen molar-refractivity contribution >= 4 is 16.6 Å². The molecule has 0 aliphatic carbocycles. The van der Waals surface area contributed by atoms with Gasteiger partial charge in [0.2, 0.25) is 0 Å². The van der Waals surface area contributed by atoms with Crippen LogP contribution in [0.4, 0.5) is 5.69 Å². The zero-order valence-electron chi connectivity index (χ0n) is 23.2. The Morgan fingerprint density at radius 1 is 1.08 bits per heavy atom. The smallest absolute Gasteiger partial charge is 0.253 e. The third kappa shape index (κ3) is 4.67. The van der Waals surface area contributed by atoms with Crippen LogP contribution in [0.3, 0.4) is 0 Å². The molecule has 9 heteroatoms. The van der Waals surface area contributed by atoms with Crippen LogP contribution in [-0.4, -0.2) is 63.4 Å². The van der Waals surface area contributed by atoms with Gasteiger partial charge in [-0.3, -0.25) is 9.69 Å². The van der Waals surface area contributed by atoms with Gasteiger partial charge < -0.3 is 14.6 Å². The van der Waals surface area contributed by atoms with E-state index < -0.39 is 0 Å². The number of anilines is 1. The summed E-state index contributed by atoms with van der Waals surface area (Å²) in [6, 6.07) is 13.8. The standard InChI is InChI=1S/C29H37N7O2/c1-7-29(4,5)36-27(31-32-33-36)26(23-17-21-11-12-22(38-6)18-24(21)30-28(23)37)35-15-13-34(14-16-35)25-10-8-9-19(2)20(25)3/h8-12,17-18,26H,7,13-16H2,1-6H3,(H,30,37)/t26-/m0/s1. The largest absolute Gasteiger partial charge is 0.497 e. The van der Waals surface area contributed by atoms with Gasteiger partial charge in [0.05, 0.1) is 18.2 Å². The summed E-state index contributed by atoms with van der Waals surface area (Å²) in [4.78, 5) is 21.5. The van der Waals surface area contributed by atoms with E-state index in [2.05, 4.69) is 83.1 Å². The van der Waals surface area contributed by atoms with E-state index in [1.807, 2.05) is 28.9 Å². The average Bonchev–Trinajstić information content (AvgIpc) is 3.41. The minimum absolute atomic E-state index is 0.142. The van der Waals surface area contributed by atoms with Crippen LogP contribution >= 0.6 is 0 Å². The first-order chi connectivity index (χ1) is 18.2. The number of aromatic nitrogens is 5. The van der Waals surface area contributed by atoms with Crippen LogP contribution in [0.15, 0.2) is 47.3 Å². The quantitative estimate of drug-likeness (QED) is 0.394. The first-order valence-corrected chi connectivity index (χ1v) is 13.3. The van der Waals surface area contributed by atoms with Crippen molar-refractivity contribution in [2.75, 3.05) is 38.2 Å². The number of aromatic amines is 1. The Kier molecular flexibility index (Phi) is 6.96. The number of pyridine rings is 1. The summed E-state index contributed by atoms with van der Waals surface area (Å²) >= 11 is 0. The summed E-state index contributed by atoms with van der Waals surface area (Å²) < 4.78 is 7.25. The third-order valence-electron chi connectivity index (χ3n) is 8.15. The lowest BCUT2D eigenvalue weighted by Crippen LogP contribution is -2.49. The van der Waals surface area contributed by atoms with Crippen LogP contribution in [0, 0.1) is 13.8 Å². The van der Waals surface area contributed by atoms with Crippen LogP contribution in [-0.2, 0) is 5.54 Å². The summed E-state index contributed by atoms with van der Waals surface area (Å²) in [5.41, 5.74) is 4.83. The lowest BCUT2D eigenvalue weighted by atomic mass is 9.98. The van der Waals surface area contributed by atoms with Gasteiger partial charge in [0.15, 0.2) is 5.82 Å². The number of ether oxygens (including phenoxy) is 1. The number of hydrogen-bond acceptors (Lipinski definition) is 7. The number of fused-ring (bicyclic) bond motifs is 1. The van der Waals surface area contributed by atoms with Crippen LogP contribution < -0.4 is 15.2 Å². The maximum absolute atomic E-state index is 13.6. The second-order valence-electron chi connectivity index (χ2n) is 10.8. The minimum Gasteiger partial charge on any atom is -0.497 e. The van der Waals surface area contributed by atoms with Crippen LogP contribution in [0.5, 0.6) is 5.75 Å². The van der Waals surface area contributed by atoms with Gasteiger partial charge in [-0.2, -0.15) is 0 Å². The Balaban J connectivity index is 1.56. The molecule has 1 atom stereocenters. The highest BCUT2D eigenvalue weighted by atomic mass is 16.5. The fraction of sp³-hybridized carbons (Fsp3) is 0.448. The van der Waals surface area contributed by atoms with E-state index in [0.29, 0.717) is 17.1 Å². The highest BCUT2D eigenvalue weighted by molar-refractivity contribution is 5.80. The summed E-state index contributed by atoms with van der Waals surface area (Å²) in [6.45, 7) is 14.0. The van der Waals surface area contributed by atoms with Gasteiger partial charge in [0, 0.05) is 43.5 Å². The average molecular weight is 516 g/mol. The predicted octanol–water partition coefficient (Wildman–Crippen LogP) is 4.20. The highest BCUT2D eigenvalue weighted by Gasteiger charge is 2.36. The van der Waals surface area contributed by atoms with E-state index in [1.165, 1.54) is 16.8 Å². The molecule has 4 aromatic rings. The molecule has 1 N–H and O–H groups in total. The topological polar surface area (TPSA) is 92.2 Å². The Labute approximate surface area is 223 Å². The second-order valence-corrected chi connectivity index (χ2v) is 10.8. The normalized spacial score (nSPS) is 15.7. The molecule has 1 saturated heterocycles. The molecule has 2 aromatic carbocycles. The molecular weight excluding hydrogens is 478 g/mol. The van der Waals surface area contributed by atoms with Gasteiger partial charge in [-0.1, -0.05) is 19.1 Å². The number of nitrogens with one attached hydrogen (secondary N) is 1. The molecule has 38 heavy (non-hydrogen) atoms. The number of tetrazole rings is 1. The van der Waals surface area contributed by atoms with Crippen LogP contribution in [0.1, 0.15) is 55.7 Å². The zero-order valence-corrected chi connectivity index (χ0v) is 23.2. The van der Waals surface area contributed by atoms with E-state index in [-0.39, 0.29) is 17.1 Å². The van der Waals surface area contributed by atoms with Crippen molar-refractivity contribution in [3.63, 3.8) is 0 Å². The number of benzene rings is 2. The molecule has 3 heterocycles. The van der Waals surface area contributed by atoms with Gasteiger partial charge in [0.1, 0.15) is 11.8 Å². The van der Waals surface area contributed by atoms with Crippen LogP contribution in [0.25, 0.3) is 10.9 Å². The number of hydrogen-bond donors (Lipinski definition) is 1. The molecule has 0 bridgehead atoms. The number of aryl methyl sites for hydroxylation is 1. The molecule has 2 aromatic heterocycles. The summed E-state index contributed by atoms with van der Waals surface area (Å²) in [7, 11) is 1.62. The van der Waals surface area contributed by atoms with E-state index in [4.69, 9.17) is 4.74 Å². The lowest BCUT2D eigenvalue weighted by Gasteiger charge is -2.40. The molecule has 9 nitrogen and oxygen atoms in total. The molecule has 0 unspecified atom stereocenters. The summed E-state index contributed by atoms with van der Waals surface area (Å²) in [5.74, 6) is 1.39. The van der Waals surface area contributed by atoms with Crippen molar-refractivity contribution in [3.8, 4) is 5.75 Å². The van der Waals surface area contributed by atoms with Crippen LogP contribution in [0.2, 0.25) is 0 Å². The Morgan fingerprint density at radius 3 is 2.55 bits per heavy atom. The monoisotopic (exact) mass is 515 g/mol. The van der Waals surface area contributed by atoms with E-state index in [0.717, 1.165) is 43.5 Å². The molecule has 0 saturated carbocycles. The number of rotatable bonds is 7. The number of nitrogens with zero attached hydrogens (tertiary/aromatic N) is 6. The number of H-pyrrole nitrogens is 1. The molecule has 1 fully saturated rings. The SMILES string of the molecule is CCC(C)(C)n1nnnc1[C@H](c1cc2ccc(OC)cc2[nH]c1=O)N1CCN(c2cccc(C)c2C)CC1. The van der Waals surface area contributed by atoms with E-state index in [9.17, 15) is 4.79 Å². The number of piperazine rings is 1. The molecule has 200 valence electrons. The predicted molar refractivity (Wildman–Crippen MR) is 150 cm³/mol. The second kappa shape index (κ2) is 10.2. The van der Waals surface area contributed by atoms with Crippen molar-refractivity contribution in [3.05, 3.63) is 75.3 Å². The van der Waals surface area contributed by atoms with Gasteiger partial charge in [-0.15, -0.1) is 5.10 Å². The molecule has 1 aliphatic rings. The fourth-order valence-corrected chi connectivity index (χ4v) is 5.27. The molecule has 0 radical (unpaired) electrons. The van der Waals surface area contributed by atoms with Crippen molar-refractivity contribution in [2.24, 2.45) is 0 Å². The molecule has 5 rings (SSSR count). The summed E-state index contributed by atoms with van der Waals surface area (Å²) in [5, 5.41) is 13.9. The van der Waals surface area contributed by atoms with Crippen molar-refractivity contribution in [1.82, 2.24) is 30.1 Å². The third-order valence-corrected chi connectivity index (χ3v) is 8.15. The number of methoxy groups -OCH3 is 1. The Hall–Kier alpha value is -3.72. The van der Waals surface area contributed by atoms with Gasteiger partial charge in [-0.25, -0.2) is 4.68 Å². The maximum atomic E-state index is 13.6. The Bertz CT molecular complexity index is 1500. The summed E-state index contributed by atoms with van der Waals surface area (Å²) in [6.07, 6.45) is 0.853. The maximum Gasteiger partial charge on any atom is 0.253 e. The first kappa shape index (κ1) is 25.9. The van der Waals surface area contributed by atoms with Gasteiger partial charge in [0.25, 0.3) is 5.56 Å². The van der Waals surface area contributed by atoms with Gasteiger partial charge in [-0.05, 0) is 85.3 Å².